The number of carbonyl (C=O) groups is 1. The van der Waals surface area contributed by atoms with E-state index >= 15 is 0 Å². The molecule has 0 saturated carbocycles. The summed E-state index contributed by atoms with van der Waals surface area (Å²) in [6, 6.07) is 19.1. The second-order valence-electron chi connectivity index (χ2n) is 7.67. The van der Waals surface area contributed by atoms with E-state index in [1.807, 2.05) is 54.7 Å². The maximum Gasteiger partial charge on any atom is 0.343 e. The fourth-order valence-electron chi connectivity index (χ4n) is 3.26. The summed E-state index contributed by atoms with van der Waals surface area (Å²) >= 11 is 0. The number of unbranched alkanes of at least 4 members (excludes halogenated alkanes) is 2. The van der Waals surface area contributed by atoms with Crippen LogP contribution in [0.3, 0.4) is 0 Å². The van der Waals surface area contributed by atoms with E-state index in [1.165, 1.54) is 24.8 Å². The molecular formula is C27H31NO3. The maximum atomic E-state index is 12.4. The fourth-order valence-corrected chi connectivity index (χ4v) is 3.26. The van der Waals surface area contributed by atoms with Crippen LogP contribution in [0.25, 0.3) is 11.3 Å². The number of ether oxygens (including phenoxy) is 2. The Hall–Kier alpha value is -2.98. The first-order chi connectivity index (χ1) is 15.2. The molecule has 0 N–H and O–H groups in total. The van der Waals surface area contributed by atoms with Gasteiger partial charge in [-0.1, -0.05) is 44.9 Å². The molecule has 0 spiro atoms. The standard InChI is InChI=1S/C27H31NO3/c1-3-5-6-7-21-8-11-24(12-9-21)27(29)31-25-15-13-23(14-16-25)26-17-10-22(19-28-26)20-30-18-4-2/h8-17,19H,3-7,18,20H2,1-2H3. The summed E-state index contributed by atoms with van der Waals surface area (Å²) in [5.41, 5.74) is 4.71. The molecule has 0 fully saturated rings. The smallest absolute Gasteiger partial charge is 0.343 e. The summed E-state index contributed by atoms with van der Waals surface area (Å²) < 4.78 is 11.1. The number of hydrogen-bond acceptors (Lipinski definition) is 4. The highest BCUT2D eigenvalue weighted by atomic mass is 16.5. The lowest BCUT2D eigenvalue weighted by Gasteiger charge is -2.07. The van der Waals surface area contributed by atoms with Crippen LogP contribution in [0.4, 0.5) is 0 Å². The minimum atomic E-state index is -0.345. The van der Waals surface area contributed by atoms with Gasteiger partial charge in [-0.3, -0.25) is 4.98 Å². The first kappa shape index (κ1) is 22.7. The molecule has 0 amide bonds. The van der Waals surface area contributed by atoms with Crippen molar-refractivity contribution in [3.05, 3.63) is 83.6 Å². The Kier molecular flexibility index (Phi) is 8.80. The van der Waals surface area contributed by atoms with Crippen LogP contribution in [0.1, 0.15) is 61.0 Å². The van der Waals surface area contributed by atoms with Gasteiger partial charge in [0, 0.05) is 18.4 Å². The van der Waals surface area contributed by atoms with Crippen molar-refractivity contribution in [2.45, 2.75) is 52.6 Å². The zero-order valence-electron chi connectivity index (χ0n) is 18.5. The van der Waals surface area contributed by atoms with Gasteiger partial charge in [0.2, 0.25) is 0 Å². The van der Waals surface area contributed by atoms with Crippen LogP contribution in [0.5, 0.6) is 5.75 Å². The van der Waals surface area contributed by atoms with Gasteiger partial charge in [-0.2, -0.15) is 0 Å². The van der Waals surface area contributed by atoms with Crippen LogP contribution >= 0.6 is 0 Å². The number of hydrogen-bond donors (Lipinski definition) is 0. The highest BCUT2D eigenvalue weighted by Gasteiger charge is 2.09. The average molecular weight is 418 g/mol. The Bertz CT molecular complexity index is 932. The topological polar surface area (TPSA) is 48.4 Å². The van der Waals surface area contributed by atoms with E-state index in [1.54, 1.807) is 12.1 Å². The zero-order chi connectivity index (χ0) is 21.9. The third-order valence-electron chi connectivity index (χ3n) is 5.06. The van der Waals surface area contributed by atoms with Crippen LogP contribution in [0.15, 0.2) is 66.9 Å². The number of carbonyl (C=O) groups excluding carboxylic acids is 1. The van der Waals surface area contributed by atoms with E-state index < -0.39 is 0 Å². The third kappa shape index (κ3) is 7.04. The van der Waals surface area contributed by atoms with Gasteiger partial charge in [0.15, 0.2) is 0 Å². The molecule has 0 unspecified atom stereocenters. The number of aryl methyl sites for hydroxylation is 1. The Balaban J connectivity index is 1.55. The van der Waals surface area contributed by atoms with E-state index in [9.17, 15) is 4.79 Å². The maximum absolute atomic E-state index is 12.4. The molecule has 4 nitrogen and oxygen atoms in total. The first-order valence-electron chi connectivity index (χ1n) is 11.1. The van der Waals surface area contributed by atoms with Gasteiger partial charge in [0.1, 0.15) is 5.75 Å². The lowest BCUT2D eigenvalue weighted by atomic mass is 10.1. The van der Waals surface area contributed by atoms with E-state index in [-0.39, 0.29) is 5.97 Å². The second-order valence-corrected chi connectivity index (χ2v) is 7.67. The van der Waals surface area contributed by atoms with Gasteiger partial charge in [0.25, 0.3) is 0 Å². The lowest BCUT2D eigenvalue weighted by molar-refractivity contribution is 0.0735. The highest BCUT2D eigenvalue weighted by Crippen LogP contribution is 2.22. The third-order valence-corrected chi connectivity index (χ3v) is 5.06. The number of aromatic nitrogens is 1. The lowest BCUT2D eigenvalue weighted by Crippen LogP contribution is -2.08. The van der Waals surface area contributed by atoms with Crippen molar-refractivity contribution in [3.8, 4) is 17.0 Å². The molecule has 1 heterocycles. The van der Waals surface area contributed by atoms with E-state index in [4.69, 9.17) is 9.47 Å². The van der Waals surface area contributed by atoms with Gasteiger partial charge >= 0.3 is 5.97 Å². The van der Waals surface area contributed by atoms with Gasteiger partial charge in [0.05, 0.1) is 17.9 Å². The van der Waals surface area contributed by atoms with Crippen molar-refractivity contribution in [2.24, 2.45) is 0 Å². The Morgan fingerprint density at radius 3 is 2.23 bits per heavy atom. The molecule has 3 rings (SSSR count). The van der Waals surface area contributed by atoms with Crippen LogP contribution in [0.2, 0.25) is 0 Å². The molecule has 2 aromatic carbocycles. The van der Waals surface area contributed by atoms with Crippen LogP contribution < -0.4 is 4.74 Å². The number of nitrogens with zero attached hydrogens (tertiary/aromatic N) is 1. The van der Waals surface area contributed by atoms with Crippen molar-refractivity contribution in [1.29, 1.82) is 0 Å². The molecule has 4 heteroatoms. The largest absolute Gasteiger partial charge is 0.423 e. The summed E-state index contributed by atoms with van der Waals surface area (Å²) in [5, 5.41) is 0. The predicted molar refractivity (Wildman–Crippen MR) is 124 cm³/mol. The van der Waals surface area contributed by atoms with Gasteiger partial charge in [-0.15, -0.1) is 0 Å². The minimum Gasteiger partial charge on any atom is -0.423 e. The molecule has 1 aromatic heterocycles. The number of benzene rings is 2. The zero-order valence-corrected chi connectivity index (χ0v) is 18.5. The Morgan fingerprint density at radius 2 is 1.58 bits per heavy atom. The van der Waals surface area contributed by atoms with E-state index in [0.29, 0.717) is 17.9 Å². The van der Waals surface area contributed by atoms with E-state index in [0.717, 1.165) is 36.3 Å². The molecule has 0 aliphatic rings. The van der Waals surface area contributed by atoms with Crippen molar-refractivity contribution in [1.82, 2.24) is 4.98 Å². The second kappa shape index (κ2) is 12.0. The summed E-state index contributed by atoms with van der Waals surface area (Å²) in [7, 11) is 0. The SMILES string of the molecule is CCCCCc1ccc(C(=O)Oc2ccc(-c3ccc(COCCC)cn3)cc2)cc1. The van der Waals surface area contributed by atoms with Gasteiger partial charge < -0.3 is 9.47 Å². The molecule has 31 heavy (non-hydrogen) atoms. The van der Waals surface area contributed by atoms with Crippen LogP contribution in [-0.4, -0.2) is 17.6 Å². The predicted octanol–water partition coefficient (Wildman–Crippen LogP) is 6.63. The Labute approximate surface area is 185 Å². The normalized spacial score (nSPS) is 10.8. The average Bonchev–Trinajstić information content (AvgIpc) is 2.81. The summed E-state index contributed by atoms with van der Waals surface area (Å²) in [6.45, 7) is 5.62. The molecule has 0 bridgehead atoms. The van der Waals surface area contributed by atoms with E-state index in [2.05, 4.69) is 18.8 Å². The van der Waals surface area contributed by atoms with Crippen molar-refractivity contribution >= 4 is 5.97 Å². The number of esters is 1. The minimum absolute atomic E-state index is 0.345. The van der Waals surface area contributed by atoms with Gasteiger partial charge in [-0.05, 0) is 72.9 Å². The first-order valence-corrected chi connectivity index (χ1v) is 11.1. The molecule has 0 aliphatic heterocycles. The summed E-state index contributed by atoms with van der Waals surface area (Å²) in [6.07, 6.45) is 7.51. The van der Waals surface area contributed by atoms with Crippen LogP contribution in [0, 0.1) is 0 Å². The van der Waals surface area contributed by atoms with Crippen molar-refractivity contribution < 1.29 is 14.3 Å². The summed E-state index contributed by atoms with van der Waals surface area (Å²) in [5.74, 6) is 0.174. The van der Waals surface area contributed by atoms with Crippen molar-refractivity contribution in [2.75, 3.05) is 6.61 Å². The summed E-state index contributed by atoms with van der Waals surface area (Å²) in [4.78, 5) is 17.0. The molecule has 0 saturated heterocycles. The molecule has 162 valence electrons. The fraction of sp³-hybridized carbons (Fsp3) is 0.333. The molecular weight excluding hydrogens is 386 g/mol. The Morgan fingerprint density at radius 1 is 0.839 bits per heavy atom. The molecule has 0 radical (unpaired) electrons. The molecule has 0 aliphatic carbocycles. The molecule has 0 atom stereocenters. The van der Waals surface area contributed by atoms with Crippen molar-refractivity contribution in [3.63, 3.8) is 0 Å². The monoisotopic (exact) mass is 417 g/mol. The highest BCUT2D eigenvalue weighted by molar-refractivity contribution is 5.91. The van der Waals surface area contributed by atoms with Gasteiger partial charge in [-0.25, -0.2) is 4.79 Å². The molecule has 3 aromatic rings. The quantitative estimate of drug-likeness (QED) is 0.200. The van der Waals surface area contributed by atoms with Crippen LogP contribution in [-0.2, 0) is 17.8 Å². The number of rotatable bonds is 11. The number of pyridine rings is 1.